The molecule has 0 saturated heterocycles. The lowest BCUT2D eigenvalue weighted by Crippen LogP contribution is -2.36. The fourth-order valence-electron chi connectivity index (χ4n) is 2.16. The van der Waals surface area contributed by atoms with Crippen LogP contribution in [0.2, 0.25) is 5.02 Å². The largest absolute Gasteiger partial charge is 0.494 e. The Kier molecular flexibility index (Phi) is 6.29. The topological polar surface area (TPSA) is 41.6 Å². The highest BCUT2D eigenvalue weighted by Crippen LogP contribution is 2.13. The van der Waals surface area contributed by atoms with Crippen molar-refractivity contribution < 1.29 is 9.53 Å². The van der Waals surface area contributed by atoms with Crippen LogP contribution in [0, 0.1) is 0 Å². The molecule has 0 spiro atoms. The first kappa shape index (κ1) is 17.2. The Morgan fingerprint density at radius 2 is 1.91 bits per heavy atom. The van der Waals surface area contributed by atoms with Gasteiger partial charge in [0.25, 0.3) is 0 Å². The lowest BCUT2D eigenvalue weighted by Gasteiger charge is -2.18. The van der Waals surface area contributed by atoms with Gasteiger partial charge in [-0.25, -0.2) is 4.79 Å². The molecule has 1 N–H and O–H groups in total. The van der Waals surface area contributed by atoms with Crippen LogP contribution in [0.4, 0.5) is 4.79 Å². The zero-order valence-corrected chi connectivity index (χ0v) is 14.1. The van der Waals surface area contributed by atoms with E-state index < -0.39 is 0 Å². The van der Waals surface area contributed by atoms with E-state index in [1.54, 1.807) is 11.9 Å². The molecule has 0 atom stereocenters. The Morgan fingerprint density at radius 1 is 1.17 bits per heavy atom. The van der Waals surface area contributed by atoms with Crippen LogP contribution < -0.4 is 10.1 Å². The molecule has 2 amide bonds. The van der Waals surface area contributed by atoms with E-state index in [1.807, 2.05) is 55.5 Å². The van der Waals surface area contributed by atoms with Gasteiger partial charge in [-0.15, -0.1) is 0 Å². The first-order valence-electron chi connectivity index (χ1n) is 7.53. The average Bonchev–Trinajstić information content (AvgIpc) is 2.54. The average molecular weight is 333 g/mol. The lowest BCUT2D eigenvalue weighted by atomic mass is 10.2. The zero-order chi connectivity index (χ0) is 16.7. The van der Waals surface area contributed by atoms with Crippen LogP contribution in [0.1, 0.15) is 18.1 Å². The van der Waals surface area contributed by atoms with Gasteiger partial charge in [-0.3, -0.25) is 0 Å². The van der Waals surface area contributed by atoms with Crippen molar-refractivity contribution in [2.45, 2.75) is 20.0 Å². The number of carbonyl (C=O) groups excluding carboxylic acids is 1. The summed E-state index contributed by atoms with van der Waals surface area (Å²) in [5.41, 5.74) is 2.02. The quantitative estimate of drug-likeness (QED) is 0.866. The van der Waals surface area contributed by atoms with E-state index in [4.69, 9.17) is 16.3 Å². The van der Waals surface area contributed by atoms with Crippen LogP contribution in [0.15, 0.2) is 48.5 Å². The second-order valence-electron chi connectivity index (χ2n) is 5.22. The second kappa shape index (κ2) is 8.44. The molecule has 0 unspecified atom stereocenters. The summed E-state index contributed by atoms with van der Waals surface area (Å²) >= 11 is 5.93. The molecule has 122 valence electrons. The minimum Gasteiger partial charge on any atom is -0.494 e. The SMILES string of the molecule is CCOc1ccc(CN(C)C(=O)NCc2cccc(Cl)c2)cc1. The van der Waals surface area contributed by atoms with Gasteiger partial charge in [0.05, 0.1) is 6.61 Å². The summed E-state index contributed by atoms with van der Waals surface area (Å²) in [7, 11) is 1.77. The summed E-state index contributed by atoms with van der Waals surface area (Å²) in [4.78, 5) is 13.8. The first-order chi connectivity index (χ1) is 11.1. The minimum atomic E-state index is -0.126. The second-order valence-corrected chi connectivity index (χ2v) is 5.66. The summed E-state index contributed by atoms with van der Waals surface area (Å²) in [6.45, 7) is 3.58. The minimum absolute atomic E-state index is 0.126. The predicted octanol–water partition coefficient (Wildman–Crippen LogP) is 4.08. The standard InChI is InChI=1S/C18H21ClN2O2/c1-3-23-17-9-7-14(8-10-17)13-21(2)18(22)20-12-15-5-4-6-16(19)11-15/h4-11H,3,12-13H2,1-2H3,(H,20,22). The summed E-state index contributed by atoms with van der Waals surface area (Å²) in [5, 5.41) is 3.55. The Labute approximate surface area is 142 Å². The molecule has 0 fully saturated rings. The monoisotopic (exact) mass is 332 g/mol. The molecule has 0 aliphatic heterocycles. The third-order valence-electron chi connectivity index (χ3n) is 3.33. The summed E-state index contributed by atoms with van der Waals surface area (Å²) < 4.78 is 5.41. The van der Waals surface area contributed by atoms with Gasteiger partial charge in [0.1, 0.15) is 5.75 Å². The molecule has 5 heteroatoms. The van der Waals surface area contributed by atoms with Crippen molar-refractivity contribution in [2.75, 3.05) is 13.7 Å². The Balaban J connectivity index is 1.84. The highest BCUT2D eigenvalue weighted by molar-refractivity contribution is 6.30. The number of hydrogen-bond donors (Lipinski definition) is 1. The van der Waals surface area contributed by atoms with Crippen LogP contribution in [0.3, 0.4) is 0 Å². The number of benzene rings is 2. The van der Waals surface area contributed by atoms with E-state index in [-0.39, 0.29) is 6.03 Å². The van der Waals surface area contributed by atoms with Gasteiger partial charge in [0.2, 0.25) is 0 Å². The van der Waals surface area contributed by atoms with Crippen LogP contribution in [-0.2, 0) is 13.1 Å². The molecule has 4 nitrogen and oxygen atoms in total. The number of hydrogen-bond acceptors (Lipinski definition) is 2. The summed E-state index contributed by atoms with van der Waals surface area (Å²) in [6, 6.07) is 15.1. The Hall–Kier alpha value is -2.20. The van der Waals surface area contributed by atoms with Crippen LogP contribution in [-0.4, -0.2) is 24.6 Å². The van der Waals surface area contributed by atoms with Crippen LogP contribution >= 0.6 is 11.6 Å². The molecule has 2 aromatic carbocycles. The molecule has 0 saturated carbocycles. The predicted molar refractivity (Wildman–Crippen MR) is 92.8 cm³/mol. The van der Waals surface area contributed by atoms with Gasteiger partial charge in [-0.2, -0.15) is 0 Å². The zero-order valence-electron chi connectivity index (χ0n) is 13.4. The molecule has 2 rings (SSSR count). The van der Waals surface area contributed by atoms with Crippen molar-refractivity contribution in [3.63, 3.8) is 0 Å². The molecule has 0 heterocycles. The molecule has 23 heavy (non-hydrogen) atoms. The van der Waals surface area contributed by atoms with Crippen molar-refractivity contribution in [3.05, 3.63) is 64.7 Å². The van der Waals surface area contributed by atoms with E-state index >= 15 is 0 Å². The van der Waals surface area contributed by atoms with Crippen molar-refractivity contribution in [1.29, 1.82) is 0 Å². The highest BCUT2D eigenvalue weighted by atomic mass is 35.5. The van der Waals surface area contributed by atoms with Gasteiger partial charge in [0.15, 0.2) is 0 Å². The maximum absolute atomic E-state index is 12.1. The number of nitrogens with one attached hydrogen (secondary N) is 1. The van der Waals surface area contributed by atoms with Gasteiger partial charge in [0, 0.05) is 25.2 Å². The van der Waals surface area contributed by atoms with Crippen molar-refractivity contribution in [2.24, 2.45) is 0 Å². The van der Waals surface area contributed by atoms with Crippen molar-refractivity contribution in [3.8, 4) is 5.75 Å². The molecule has 2 aromatic rings. The number of ether oxygens (including phenoxy) is 1. The van der Waals surface area contributed by atoms with E-state index in [2.05, 4.69) is 5.32 Å². The molecule has 0 radical (unpaired) electrons. The molecular formula is C18H21ClN2O2. The molecular weight excluding hydrogens is 312 g/mol. The van der Waals surface area contributed by atoms with Crippen molar-refractivity contribution >= 4 is 17.6 Å². The first-order valence-corrected chi connectivity index (χ1v) is 7.91. The van der Waals surface area contributed by atoms with Gasteiger partial charge < -0.3 is 15.0 Å². The fraction of sp³-hybridized carbons (Fsp3) is 0.278. The number of rotatable bonds is 6. The van der Waals surface area contributed by atoms with E-state index in [0.29, 0.717) is 24.7 Å². The number of carbonyl (C=O) groups is 1. The molecule has 0 aliphatic carbocycles. The maximum Gasteiger partial charge on any atom is 0.317 e. The van der Waals surface area contributed by atoms with E-state index in [0.717, 1.165) is 16.9 Å². The number of nitrogens with zero attached hydrogens (tertiary/aromatic N) is 1. The maximum atomic E-state index is 12.1. The van der Waals surface area contributed by atoms with Gasteiger partial charge in [-0.05, 0) is 42.3 Å². The lowest BCUT2D eigenvalue weighted by molar-refractivity contribution is 0.206. The smallest absolute Gasteiger partial charge is 0.317 e. The summed E-state index contributed by atoms with van der Waals surface area (Å²) in [5.74, 6) is 0.837. The van der Waals surface area contributed by atoms with Gasteiger partial charge in [-0.1, -0.05) is 35.9 Å². The van der Waals surface area contributed by atoms with Crippen molar-refractivity contribution in [1.82, 2.24) is 10.2 Å². The molecule has 0 aromatic heterocycles. The highest BCUT2D eigenvalue weighted by Gasteiger charge is 2.09. The Morgan fingerprint density at radius 3 is 2.57 bits per heavy atom. The number of halogens is 1. The fourth-order valence-corrected chi connectivity index (χ4v) is 2.38. The number of amides is 2. The third-order valence-corrected chi connectivity index (χ3v) is 3.57. The van der Waals surface area contributed by atoms with Gasteiger partial charge >= 0.3 is 6.03 Å². The molecule has 0 aliphatic rings. The van der Waals surface area contributed by atoms with Crippen LogP contribution in [0.25, 0.3) is 0 Å². The third kappa shape index (κ3) is 5.49. The van der Waals surface area contributed by atoms with E-state index in [9.17, 15) is 4.79 Å². The molecule has 0 bridgehead atoms. The summed E-state index contributed by atoms with van der Waals surface area (Å²) in [6.07, 6.45) is 0. The van der Waals surface area contributed by atoms with Crippen LogP contribution in [0.5, 0.6) is 5.75 Å². The van der Waals surface area contributed by atoms with E-state index in [1.165, 1.54) is 0 Å². The number of urea groups is 1. The Bertz CT molecular complexity index is 644. The normalized spacial score (nSPS) is 10.2.